The Morgan fingerprint density at radius 1 is 1.03 bits per heavy atom. The van der Waals surface area contributed by atoms with Gasteiger partial charge >= 0.3 is 0 Å². The highest BCUT2D eigenvalue weighted by atomic mass is 32.2. The van der Waals surface area contributed by atoms with Gasteiger partial charge in [-0.3, -0.25) is 4.68 Å². The average molecular weight is 430 g/mol. The van der Waals surface area contributed by atoms with Crippen LogP contribution in [0.5, 0.6) is 17.4 Å². The highest BCUT2D eigenvalue weighted by Gasteiger charge is 2.18. The number of methoxy groups -OCH3 is 3. The van der Waals surface area contributed by atoms with Crippen molar-refractivity contribution in [3.63, 3.8) is 0 Å². The van der Waals surface area contributed by atoms with Gasteiger partial charge in [0.05, 0.1) is 50.5 Å². The Morgan fingerprint density at radius 2 is 1.87 bits per heavy atom. The van der Waals surface area contributed by atoms with Crippen molar-refractivity contribution in [1.29, 1.82) is 0 Å². The molecular formula is C19H19FN6O3S. The van der Waals surface area contributed by atoms with Gasteiger partial charge in [0.15, 0.2) is 23.0 Å². The van der Waals surface area contributed by atoms with E-state index in [9.17, 15) is 4.39 Å². The van der Waals surface area contributed by atoms with Crippen LogP contribution in [0.1, 0.15) is 0 Å². The summed E-state index contributed by atoms with van der Waals surface area (Å²) in [5.74, 6) is 0.352. The number of ether oxygens (including phenoxy) is 3. The average Bonchev–Trinajstić information content (AvgIpc) is 3.36. The highest BCUT2D eigenvalue weighted by Crippen LogP contribution is 2.38. The van der Waals surface area contributed by atoms with Crippen LogP contribution < -0.4 is 18.9 Å². The lowest BCUT2D eigenvalue weighted by atomic mass is 10.1. The number of hydrogen-bond acceptors (Lipinski definition) is 8. The van der Waals surface area contributed by atoms with Crippen molar-refractivity contribution in [2.24, 2.45) is 7.05 Å². The first-order chi connectivity index (χ1) is 14.5. The Hall–Kier alpha value is -3.47. The molecule has 1 aromatic carbocycles. The smallest absolute Gasteiger partial charge is 0.260 e. The number of fused-ring (bicyclic) bond motifs is 1. The van der Waals surface area contributed by atoms with Crippen molar-refractivity contribution in [2.45, 2.75) is 4.90 Å². The van der Waals surface area contributed by atoms with Crippen LogP contribution in [0.3, 0.4) is 0 Å². The molecule has 0 fully saturated rings. The molecule has 0 atom stereocenters. The summed E-state index contributed by atoms with van der Waals surface area (Å²) in [4.78, 5) is 5.34. The molecule has 0 bridgehead atoms. The van der Waals surface area contributed by atoms with E-state index < -0.39 is 5.82 Å². The zero-order valence-electron chi connectivity index (χ0n) is 16.7. The first-order valence-electron chi connectivity index (χ1n) is 8.79. The Labute approximate surface area is 175 Å². The van der Waals surface area contributed by atoms with E-state index in [4.69, 9.17) is 14.2 Å². The SMILES string of the molecule is COc1cn2ncc(-c3cc(F)c(OC)c(NSc4cnn(C)c4)c3)c2nc1OC. The zero-order chi connectivity index (χ0) is 21.3. The fourth-order valence-electron chi connectivity index (χ4n) is 2.97. The van der Waals surface area contributed by atoms with E-state index in [2.05, 4.69) is 19.9 Å². The summed E-state index contributed by atoms with van der Waals surface area (Å²) in [5, 5.41) is 8.43. The summed E-state index contributed by atoms with van der Waals surface area (Å²) in [7, 11) is 6.27. The minimum absolute atomic E-state index is 0.110. The minimum atomic E-state index is -0.510. The van der Waals surface area contributed by atoms with E-state index >= 15 is 0 Å². The van der Waals surface area contributed by atoms with Crippen molar-refractivity contribution in [2.75, 3.05) is 26.1 Å². The lowest BCUT2D eigenvalue weighted by molar-refractivity contribution is 0.341. The van der Waals surface area contributed by atoms with Crippen LogP contribution >= 0.6 is 11.9 Å². The number of benzene rings is 1. The van der Waals surface area contributed by atoms with E-state index in [-0.39, 0.29) is 5.75 Å². The van der Waals surface area contributed by atoms with Gasteiger partial charge in [-0.1, -0.05) is 0 Å². The van der Waals surface area contributed by atoms with Crippen LogP contribution in [0.2, 0.25) is 0 Å². The minimum Gasteiger partial charge on any atom is -0.492 e. The second-order valence-electron chi connectivity index (χ2n) is 6.24. The molecule has 0 amide bonds. The number of halogens is 1. The predicted octanol–water partition coefficient (Wildman–Crippen LogP) is 3.41. The molecule has 4 aromatic rings. The topological polar surface area (TPSA) is 87.7 Å². The summed E-state index contributed by atoms with van der Waals surface area (Å²) in [5.41, 5.74) is 2.19. The van der Waals surface area contributed by atoms with Gasteiger partial charge in [0.1, 0.15) is 0 Å². The Bertz CT molecular complexity index is 1210. The number of anilines is 1. The van der Waals surface area contributed by atoms with E-state index in [1.54, 1.807) is 33.9 Å². The van der Waals surface area contributed by atoms with E-state index in [1.165, 1.54) is 39.3 Å². The molecule has 11 heteroatoms. The van der Waals surface area contributed by atoms with Crippen molar-refractivity contribution in [1.82, 2.24) is 24.4 Å². The maximum Gasteiger partial charge on any atom is 0.260 e. The maximum atomic E-state index is 14.8. The number of hydrogen-bond donors (Lipinski definition) is 1. The van der Waals surface area contributed by atoms with Crippen LogP contribution in [0.15, 0.2) is 41.8 Å². The number of nitrogens with one attached hydrogen (secondary N) is 1. The summed E-state index contributed by atoms with van der Waals surface area (Å²) >= 11 is 1.30. The van der Waals surface area contributed by atoms with Gasteiger partial charge in [0, 0.05) is 18.8 Å². The predicted molar refractivity (Wildman–Crippen MR) is 111 cm³/mol. The largest absolute Gasteiger partial charge is 0.492 e. The zero-order valence-corrected chi connectivity index (χ0v) is 17.5. The van der Waals surface area contributed by atoms with E-state index in [1.807, 2.05) is 13.2 Å². The van der Waals surface area contributed by atoms with Crippen molar-refractivity contribution >= 4 is 23.3 Å². The van der Waals surface area contributed by atoms with Crippen molar-refractivity contribution in [3.8, 4) is 28.5 Å². The third kappa shape index (κ3) is 3.59. The second kappa shape index (κ2) is 8.11. The summed E-state index contributed by atoms with van der Waals surface area (Å²) in [6.07, 6.45) is 6.82. The van der Waals surface area contributed by atoms with Gasteiger partial charge in [0.25, 0.3) is 5.88 Å². The number of rotatable bonds is 7. The molecule has 0 aliphatic carbocycles. The lowest BCUT2D eigenvalue weighted by Gasteiger charge is -2.13. The molecule has 0 spiro atoms. The van der Waals surface area contributed by atoms with Gasteiger partial charge in [-0.15, -0.1) is 0 Å². The third-order valence-electron chi connectivity index (χ3n) is 4.36. The molecule has 1 N–H and O–H groups in total. The first-order valence-corrected chi connectivity index (χ1v) is 9.61. The standard InChI is InChI=1S/C19H19FN6O3S/c1-25-9-12(7-21-25)30-24-15-6-11(5-14(20)17(15)28-3)13-8-22-26-10-16(27-2)19(29-4)23-18(13)26/h5-10,24H,1-4H3. The normalized spacial score (nSPS) is 11.0. The Morgan fingerprint density at radius 3 is 2.53 bits per heavy atom. The van der Waals surface area contributed by atoms with Crippen LogP contribution in [-0.4, -0.2) is 45.7 Å². The molecule has 3 heterocycles. The fraction of sp³-hybridized carbons (Fsp3) is 0.211. The lowest BCUT2D eigenvalue weighted by Crippen LogP contribution is -1.99. The molecule has 0 radical (unpaired) electrons. The molecule has 0 aliphatic rings. The van der Waals surface area contributed by atoms with Crippen molar-refractivity contribution in [3.05, 3.63) is 42.7 Å². The summed E-state index contributed by atoms with van der Waals surface area (Å²) in [6, 6.07) is 3.16. The highest BCUT2D eigenvalue weighted by molar-refractivity contribution is 8.00. The number of nitrogens with zero attached hydrogens (tertiary/aromatic N) is 5. The molecule has 0 aliphatic heterocycles. The molecule has 0 unspecified atom stereocenters. The first kappa shape index (κ1) is 19.8. The van der Waals surface area contributed by atoms with Crippen LogP contribution in [0.25, 0.3) is 16.8 Å². The third-order valence-corrected chi connectivity index (χ3v) is 5.13. The van der Waals surface area contributed by atoms with Gasteiger partial charge in [0.2, 0.25) is 0 Å². The monoisotopic (exact) mass is 430 g/mol. The maximum absolute atomic E-state index is 14.8. The Balaban J connectivity index is 1.76. The molecule has 0 saturated heterocycles. The molecule has 0 saturated carbocycles. The van der Waals surface area contributed by atoms with E-state index in [0.717, 1.165) is 4.90 Å². The van der Waals surface area contributed by atoms with Gasteiger partial charge in [-0.05, 0) is 29.6 Å². The van der Waals surface area contributed by atoms with Gasteiger partial charge < -0.3 is 18.9 Å². The van der Waals surface area contributed by atoms with Crippen LogP contribution in [-0.2, 0) is 7.05 Å². The van der Waals surface area contributed by atoms with E-state index in [0.29, 0.717) is 34.1 Å². The molecule has 156 valence electrons. The molecule has 3 aromatic heterocycles. The quantitative estimate of drug-likeness (QED) is 0.447. The summed E-state index contributed by atoms with van der Waals surface area (Å²) in [6.45, 7) is 0. The second-order valence-corrected chi connectivity index (χ2v) is 7.12. The van der Waals surface area contributed by atoms with Crippen LogP contribution in [0, 0.1) is 5.82 Å². The molecule has 4 rings (SSSR count). The van der Waals surface area contributed by atoms with Crippen LogP contribution in [0.4, 0.5) is 10.1 Å². The number of aromatic nitrogens is 5. The molecule has 30 heavy (non-hydrogen) atoms. The molecular weight excluding hydrogens is 411 g/mol. The number of aryl methyl sites for hydroxylation is 1. The molecule has 9 nitrogen and oxygen atoms in total. The summed E-state index contributed by atoms with van der Waals surface area (Å²) < 4.78 is 37.0. The van der Waals surface area contributed by atoms with Crippen molar-refractivity contribution < 1.29 is 18.6 Å². The Kier molecular flexibility index (Phi) is 5.36. The van der Waals surface area contributed by atoms with Gasteiger partial charge in [-0.2, -0.15) is 15.2 Å². The van der Waals surface area contributed by atoms with Gasteiger partial charge in [-0.25, -0.2) is 8.91 Å². The fourth-order valence-corrected chi connectivity index (χ4v) is 3.65.